The summed E-state index contributed by atoms with van der Waals surface area (Å²) in [5, 5.41) is 4.44. The van der Waals surface area contributed by atoms with Crippen molar-refractivity contribution in [2.75, 3.05) is 39.5 Å². The fraction of sp³-hybridized carbons (Fsp3) is 0.462. The predicted octanol–water partition coefficient (Wildman–Crippen LogP) is 2.99. The fourth-order valence-electron chi connectivity index (χ4n) is 4.63. The maximum atomic E-state index is 13.6. The lowest BCUT2D eigenvalue weighted by atomic mass is 10.1. The highest BCUT2D eigenvalue weighted by Gasteiger charge is 2.31. The zero-order valence-corrected chi connectivity index (χ0v) is 19.9. The molecule has 4 heterocycles. The maximum absolute atomic E-state index is 13.6. The highest BCUT2D eigenvalue weighted by atomic mass is 16.6. The van der Waals surface area contributed by atoms with E-state index in [4.69, 9.17) is 14.2 Å². The van der Waals surface area contributed by atoms with Gasteiger partial charge in [0.15, 0.2) is 11.5 Å². The second-order valence-electron chi connectivity index (χ2n) is 9.39. The Morgan fingerprint density at radius 2 is 2.00 bits per heavy atom. The molecule has 1 unspecified atom stereocenters. The molecule has 0 spiro atoms. The largest absolute Gasteiger partial charge is 0.486 e. The van der Waals surface area contributed by atoms with Crippen molar-refractivity contribution in [2.24, 2.45) is 5.92 Å². The van der Waals surface area contributed by atoms with Gasteiger partial charge in [-0.05, 0) is 35.7 Å². The normalized spacial score (nSPS) is 18.4. The van der Waals surface area contributed by atoms with E-state index >= 15 is 0 Å². The Morgan fingerprint density at radius 3 is 2.85 bits per heavy atom. The standard InChI is InChI=1S/C26H32N4O4/c1-19(2)15-29(16-20-6-7-23-24(13-20)34-12-11-33-23)26(31)25-18-28(9-10-32-25)17-21-14-27-30-8-4-3-5-22(21)30/h3-8,13-14,19,25H,9-12,15-18H2,1-2H3. The molecule has 34 heavy (non-hydrogen) atoms. The first-order valence-electron chi connectivity index (χ1n) is 12.0. The second-order valence-corrected chi connectivity index (χ2v) is 9.39. The highest BCUT2D eigenvalue weighted by molar-refractivity contribution is 5.81. The maximum Gasteiger partial charge on any atom is 0.253 e. The molecule has 0 saturated carbocycles. The van der Waals surface area contributed by atoms with Gasteiger partial charge in [-0.3, -0.25) is 9.69 Å². The van der Waals surface area contributed by atoms with Gasteiger partial charge in [0, 0.05) is 44.5 Å². The number of amides is 1. The Bertz CT molecular complexity index is 1140. The summed E-state index contributed by atoms with van der Waals surface area (Å²) in [6.45, 7) is 9.19. The summed E-state index contributed by atoms with van der Waals surface area (Å²) in [6.07, 6.45) is 3.38. The van der Waals surface area contributed by atoms with Gasteiger partial charge in [0.1, 0.15) is 19.3 Å². The predicted molar refractivity (Wildman–Crippen MR) is 128 cm³/mol. The molecule has 0 bridgehead atoms. The van der Waals surface area contributed by atoms with E-state index in [1.54, 1.807) is 0 Å². The van der Waals surface area contributed by atoms with Crippen molar-refractivity contribution in [1.29, 1.82) is 0 Å². The Morgan fingerprint density at radius 1 is 1.15 bits per heavy atom. The molecule has 2 aliphatic rings. The number of benzene rings is 1. The lowest BCUT2D eigenvalue weighted by Gasteiger charge is -2.35. The number of hydrogen-bond donors (Lipinski definition) is 0. The van der Waals surface area contributed by atoms with Crippen LogP contribution in [0.1, 0.15) is 25.0 Å². The number of morpholine rings is 1. The van der Waals surface area contributed by atoms with E-state index in [1.807, 2.05) is 52.1 Å². The average molecular weight is 465 g/mol. The van der Waals surface area contributed by atoms with Gasteiger partial charge in [0.25, 0.3) is 5.91 Å². The molecule has 1 atom stereocenters. The van der Waals surface area contributed by atoms with Crippen molar-refractivity contribution < 1.29 is 19.0 Å². The van der Waals surface area contributed by atoms with Crippen molar-refractivity contribution in [1.82, 2.24) is 19.4 Å². The van der Waals surface area contributed by atoms with Gasteiger partial charge in [0.05, 0.1) is 18.3 Å². The lowest BCUT2D eigenvalue weighted by molar-refractivity contribution is -0.151. The summed E-state index contributed by atoms with van der Waals surface area (Å²) in [4.78, 5) is 17.8. The van der Waals surface area contributed by atoms with Gasteiger partial charge < -0.3 is 19.1 Å². The van der Waals surface area contributed by atoms with Gasteiger partial charge in [-0.15, -0.1) is 0 Å². The Balaban J connectivity index is 1.28. The number of carbonyl (C=O) groups is 1. The molecule has 8 heteroatoms. The number of pyridine rings is 1. The quantitative estimate of drug-likeness (QED) is 0.536. The van der Waals surface area contributed by atoms with Crippen molar-refractivity contribution >= 4 is 11.4 Å². The fourth-order valence-corrected chi connectivity index (χ4v) is 4.63. The number of rotatable bonds is 7. The molecule has 0 N–H and O–H groups in total. The molecule has 1 aromatic carbocycles. The first-order chi connectivity index (χ1) is 16.6. The summed E-state index contributed by atoms with van der Waals surface area (Å²) in [5.41, 5.74) is 3.28. The topological polar surface area (TPSA) is 68.5 Å². The van der Waals surface area contributed by atoms with Crippen LogP contribution in [0, 0.1) is 5.92 Å². The van der Waals surface area contributed by atoms with Crippen molar-refractivity contribution in [2.45, 2.75) is 33.0 Å². The van der Waals surface area contributed by atoms with Crippen LogP contribution < -0.4 is 9.47 Å². The number of aromatic nitrogens is 2. The third-order valence-corrected chi connectivity index (χ3v) is 6.20. The number of hydrogen-bond acceptors (Lipinski definition) is 6. The molecule has 1 amide bonds. The van der Waals surface area contributed by atoms with E-state index in [-0.39, 0.29) is 5.91 Å². The van der Waals surface area contributed by atoms with E-state index < -0.39 is 6.10 Å². The van der Waals surface area contributed by atoms with E-state index in [0.717, 1.165) is 41.2 Å². The molecule has 2 aliphatic heterocycles. The lowest BCUT2D eigenvalue weighted by Crippen LogP contribution is -2.51. The smallest absolute Gasteiger partial charge is 0.253 e. The molecule has 180 valence electrons. The summed E-state index contributed by atoms with van der Waals surface area (Å²) >= 11 is 0. The summed E-state index contributed by atoms with van der Waals surface area (Å²) < 4.78 is 19.2. The van der Waals surface area contributed by atoms with Crippen LogP contribution in [0.2, 0.25) is 0 Å². The molecule has 5 rings (SSSR count). The Hall–Kier alpha value is -3.10. The Labute approximate surface area is 200 Å². The van der Waals surface area contributed by atoms with Crippen molar-refractivity contribution in [3.63, 3.8) is 0 Å². The van der Waals surface area contributed by atoms with Gasteiger partial charge in [-0.1, -0.05) is 26.0 Å². The minimum absolute atomic E-state index is 0.0353. The van der Waals surface area contributed by atoms with E-state index in [2.05, 4.69) is 29.9 Å². The molecule has 3 aromatic rings. The monoisotopic (exact) mass is 464 g/mol. The van der Waals surface area contributed by atoms with Crippen LogP contribution in [0.3, 0.4) is 0 Å². The first-order valence-corrected chi connectivity index (χ1v) is 12.0. The van der Waals surface area contributed by atoms with Crippen molar-refractivity contribution in [3.05, 3.63) is 59.9 Å². The molecular formula is C26H32N4O4. The molecular weight excluding hydrogens is 432 g/mol. The van der Waals surface area contributed by atoms with Gasteiger partial charge >= 0.3 is 0 Å². The second kappa shape index (κ2) is 10.0. The van der Waals surface area contributed by atoms with Crippen LogP contribution in [0.25, 0.3) is 5.52 Å². The van der Waals surface area contributed by atoms with Crippen molar-refractivity contribution in [3.8, 4) is 11.5 Å². The van der Waals surface area contributed by atoms with Crippen LogP contribution in [0.15, 0.2) is 48.8 Å². The van der Waals surface area contributed by atoms with Crippen LogP contribution in [0.4, 0.5) is 0 Å². The number of carbonyl (C=O) groups excluding carboxylic acids is 1. The third-order valence-electron chi connectivity index (χ3n) is 6.20. The highest BCUT2D eigenvalue weighted by Crippen LogP contribution is 2.31. The molecule has 1 saturated heterocycles. The van der Waals surface area contributed by atoms with Crippen LogP contribution in [0.5, 0.6) is 11.5 Å². The Kier molecular flexibility index (Phi) is 6.69. The molecule has 0 aliphatic carbocycles. The van der Waals surface area contributed by atoms with Gasteiger partial charge in [-0.2, -0.15) is 5.10 Å². The average Bonchev–Trinajstić information content (AvgIpc) is 3.26. The SMILES string of the molecule is CC(C)CN(Cc1ccc2c(c1)OCCO2)C(=O)C1CN(Cc2cnn3ccccc23)CCO1. The van der Waals surface area contributed by atoms with Crippen LogP contribution >= 0.6 is 0 Å². The molecule has 2 aromatic heterocycles. The van der Waals surface area contributed by atoms with E-state index in [0.29, 0.717) is 45.4 Å². The van der Waals surface area contributed by atoms with Crippen LogP contribution in [-0.2, 0) is 22.6 Å². The molecule has 8 nitrogen and oxygen atoms in total. The number of fused-ring (bicyclic) bond motifs is 2. The first kappa shape index (κ1) is 22.7. The van der Waals surface area contributed by atoms with Gasteiger partial charge in [0.2, 0.25) is 0 Å². The molecule has 1 fully saturated rings. The van der Waals surface area contributed by atoms with Crippen LogP contribution in [-0.4, -0.2) is 70.9 Å². The zero-order valence-electron chi connectivity index (χ0n) is 19.9. The minimum atomic E-state index is -0.480. The van der Waals surface area contributed by atoms with Gasteiger partial charge in [-0.25, -0.2) is 4.52 Å². The number of ether oxygens (including phenoxy) is 3. The van der Waals surface area contributed by atoms with E-state index in [9.17, 15) is 4.79 Å². The zero-order chi connectivity index (χ0) is 23.5. The minimum Gasteiger partial charge on any atom is -0.486 e. The van der Waals surface area contributed by atoms with E-state index in [1.165, 1.54) is 0 Å². The third kappa shape index (κ3) is 5.03. The summed E-state index contributed by atoms with van der Waals surface area (Å²) in [7, 11) is 0. The molecule has 0 radical (unpaired) electrons. The summed E-state index contributed by atoms with van der Waals surface area (Å²) in [5.74, 6) is 1.89. The number of nitrogens with zero attached hydrogens (tertiary/aromatic N) is 4. The summed E-state index contributed by atoms with van der Waals surface area (Å²) in [6, 6.07) is 12.0.